The molecular formula is C10H12IN3S2. The van der Waals surface area contributed by atoms with Crippen LogP contribution in [0.1, 0.15) is 22.3 Å². The van der Waals surface area contributed by atoms with Crippen LogP contribution in [-0.4, -0.2) is 4.98 Å². The molecular weight excluding hydrogens is 353 g/mol. The number of thiophene rings is 1. The van der Waals surface area contributed by atoms with Gasteiger partial charge in [-0.3, -0.25) is 11.3 Å². The second kappa shape index (κ2) is 5.54. The first-order chi connectivity index (χ1) is 7.69. The van der Waals surface area contributed by atoms with Crippen LogP contribution in [-0.2, 0) is 6.42 Å². The number of hydrazine groups is 1. The summed E-state index contributed by atoms with van der Waals surface area (Å²) in [4.78, 5) is 4.46. The number of nitrogens with zero attached hydrogens (tertiary/aromatic N) is 1. The number of nitrogens with two attached hydrogens (primary N) is 1. The lowest BCUT2D eigenvalue weighted by atomic mass is 10.1. The number of thiazole rings is 1. The maximum Gasteiger partial charge on any atom is 0.0897 e. The highest BCUT2D eigenvalue weighted by Crippen LogP contribution is 2.24. The van der Waals surface area contributed by atoms with Gasteiger partial charge in [0.15, 0.2) is 0 Å². The average molecular weight is 365 g/mol. The molecule has 3 N–H and O–H groups in total. The summed E-state index contributed by atoms with van der Waals surface area (Å²) >= 11 is 5.74. The van der Waals surface area contributed by atoms with Crippen LogP contribution in [0.5, 0.6) is 0 Å². The zero-order valence-electron chi connectivity index (χ0n) is 8.74. The fourth-order valence-corrected chi connectivity index (χ4v) is 3.54. The van der Waals surface area contributed by atoms with Crippen LogP contribution < -0.4 is 11.3 Å². The molecule has 6 heteroatoms. The molecule has 0 aliphatic rings. The SMILES string of the molecule is Cc1nc(CC(NN)c2csc(I)c2)cs1. The molecule has 0 saturated heterocycles. The summed E-state index contributed by atoms with van der Waals surface area (Å²) in [6.45, 7) is 2.02. The van der Waals surface area contributed by atoms with Gasteiger partial charge in [-0.1, -0.05) is 0 Å². The van der Waals surface area contributed by atoms with Crippen LogP contribution in [0, 0.1) is 9.81 Å². The first-order valence-corrected chi connectivity index (χ1v) is 7.64. The number of halogens is 1. The molecule has 0 aromatic carbocycles. The number of nitrogens with one attached hydrogen (secondary N) is 1. The molecule has 1 unspecified atom stereocenters. The Morgan fingerprint density at radius 1 is 1.50 bits per heavy atom. The van der Waals surface area contributed by atoms with Crippen LogP contribution in [0.25, 0.3) is 0 Å². The van der Waals surface area contributed by atoms with E-state index in [1.165, 1.54) is 8.45 Å². The molecule has 0 saturated carbocycles. The van der Waals surface area contributed by atoms with Gasteiger partial charge in [-0.15, -0.1) is 22.7 Å². The van der Waals surface area contributed by atoms with Crippen molar-refractivity contribution in [3.05, 3.63) is 36.0 Å². The lowest BCUT2D eigenvalue weighted by Crippen LogP contribution is -2.29. The molecule has 0 amide bonds. The average Bonchev–Trinajstić information content (AvgIpc) is 2.84. The summed E-state index contributed by atoms with van der Waals surface area (Å²) in [5.41, 5.74) is 5.20. The molecule has 0 aliphatic heterocycles. The fraction of sp³-hybridized carbons (Fsp3) is 0.300. The molecule has 0 spiro atoms. The van der Waals surface area contributed by atoms with Crippen LogP contribution in [0.15, 0.2) is 16.8 Å². The van der Waals surface area contributed by atoms with Crippen molar-refractivity contribution in [2.45, 2.75) is 19.4 Å². The van der Waals surface area contributed by atoms with Crippen molar-refractivity contribution in [3.8, 4) is 0 Å². The van der Waals surface area contributed by atoms with Gasteiger partial charge in [0.2, 0.25) is 0 Å². The van der Waals surface area contributed by atoms with E-state index >= 15 is 0 Å². The van der Waals surface area contributed by atoms with Gasteiger partial charge in [0.25, 0.3) is 0 Å². The highest BCUT2D eigenvalue weighted by atomic mass is 127. The lowest BCUT2D eigenvalue weighted by molar-refractivity contribution is 0.548. The summed E-state index contributed by atoms with van der Waals surface area (Å²) in [6.07, 6.45) is 0.841. The zero-order valence-corrected chi connectivity index (χ0v) is 12.5. The Hall–Kier alpha value is -0.0200. The maximum absolute atomic E-state index is 5.60. The van der Waals surface area contributed by atoms with Gasteiger partial charge in [0.1, 0.15) is 0 Å². The van der Waals surface area contributed by atoms with E-state index in [-0.39, 0.29) is 6.04 Å². The van der Waals surface area contributed by atoms with E-state index in [0.29, 0.717) is 0 Å². The summed E-state index contributed by atoms with van der Waals surface area (Å²) < 4.78 is 1.28. The van der Waals surface area contributed by atoms with E-state index in [0.717, 1.165) is 17.1 Å². The Kier molecular flexibility index (Phi) is 4.31. The zero-order chi connectivity index (χ0) is 11.5. The van der Waals surface area contributed by atoms with Gasteiger partial charge < -0.3 is 0 Å². The van der Waals surface area contributed by atoms with Gasteiger partial charge in [-0.05, 0) is 46.5 Å². The van der Waals surface area contributed by atoms with Crippen molar-refractivity contribution >= 4 is 45.3 Å². The summed E-state index contributed by atoms with van der Waals surface area (Å²) in [5.74, 6) is 5.60. The van der Waals surface area contributed by atoms with Crippen LogP contribution in [0.3, 0.4) is 0 Å². The smallest absolute Gasteiger partial charge is 0.0897 e. The van der Waals surface area contributed by atoms with Crippen molar-refractivity contribution in [1.82, 2.24) is 10.4 Å². The van der Waals surface area contributed by atoms with Crippen molar-refractivity contribution < 1.29 is 0 Å². The van der Waals surface area contributed by atoms with Gasteiger partial charge >= 0.3 is 0 Å². The molecule has 16 heavy (non-hydrogen) atoms. The minimum Gasteiger partial charge on any atom is -0.271 e. The van der Waals surface area contributed by atoms with Crippen molar-refractivity contribution in [3.63, 3.8) is 0 Å². The van der Waals surface area contributed by atoms with Crippen LogP contribution >= 0.6 is 45.3 Å². The summed E-state index contributed by atoms with van der Waals surface area (Å²) in [6, 6.07) is 2.32. The Labute approximate surface area is 116 Å². The van der Waals surface area contributed by atoms with E-state index in [2.05, 4.69) is 49.8 Å². The second-order valence-corrected chi connectivity index (χ2v) is 7.33. The quantitative estimate of drug-likeness (QED) is 0.498. The van der Waals surface area contributed by atoms with E-state index in [1.54, 1.807) is 22.7 Å². The fourth-order valence-electron chi connectivity index (χ4n) is 1.49. The number of aromatic nitrogens is 1. The first kappa shape index (κ1) is 12.4. The Morgan fingerprint density at radius 3 is 2.81 bits per heavy atom. The third-order valence-corrected chi connectivity index (χ3v) is 4.90. The third-order valence-electron chi connectivity index (χ3n) is 2.27. The molecule has 2 rings (SSSR count). The van der Waals surface area contributed by atoms with Crippen molar-refractivity contribution in [1.29, 1.82) is 0 Å². The molecule has 3 nitrogen and oxygen atoms in total. The van der Waals surface area contributed by atoms with Crippen molar-refractivity contribution in [2.75, 3.05) is 0 Å². The Balaban J connectivity index is 2.12. The van der Waals surface area contributed by atoms with E-state index in [1.807, 2.05) is 6.92 Å². The Bertz CT molecular complexity index is 466. The van der Waals surface area contributed by atoms with Gasteiger partial charge in [0, 0.05) is 11.8 Å². The van der Waals surface area contributed by atoms with E-state index in [4.69, 9.17) is 5.84 Å². The highest BCUT2D eigenvalue weighted by molar-refractivity contribution is 14.1. The summed E-state index contributed by atoms with van der Waals surface area (Å²) in [7, 11) is 0. The van der Waals surface area contributed by atoms with Gasteiger partial charge in [0.05, 0.1) is 19.6 Å². The number of aryl methyl sites for hydroxylation is 1. The number of hydrogen-bond acceptors (Lipinski definition) is 5. The van der Waals surface area contributed by atoms with Crippen LogP contribution in [0.2, 0.25) is 0 Å². The molecule has 2 aromatic rings. The predicted octanol–water partition coefficient (Wildman–Crippen LogP) is 2.86. The molecule has 1 atom stereocenters. The number of hydrogen-bond donors (Lipinski definition) is 2. The van der Waals surface area contributed by atoms with E-state index in [9.17, 15) is 0 Å². The predicted molar refractivity (Wildman–Crippen MR) is 77.7 cm³/mol. The molecule has 0 bridgehead atoms. The summed E-state index contributed by atoms with van der Waals surface area (Å²) in [5, 5.41) is 5.34. The number of rotatable bonds is 4. The monoisotopic (exact) mass is 365 g/mol. The normalized spacial score (nSPS) is 12.9. The molecule has 86 valence electrons. The lowest BCUT2D eigenvalue weighted by Gasteiger charge is -2.12. The minimum absolute atomic E-state index is 0.154. The van der Waals surface area contributed by atoms with Crippen molar-refractivity contribution in [2.24, 2.45) is 5.84 Å². The topological polar surface area (TPSA) is 50.9 Å². The molecule has 2 heterocycles. The first-order valence-electron chi connectivity index (χ1n) is 4.80. The van der Waals surface area contributed by atoms with Gasteiger partial charge in [-0.2, -0.15) is 0 Å². The van der Waals surface area contributed by atoms with E-state index < -0.39 is 0 Å². The highest BCUT2D eigenvalue weighted by Gasteiger charge is 2.13. The molecule has 0 fully saturated rings. The van der Waals surface area contributed by atoms with Gasteiger partial charge in [-0.25, -0.2) is 4.98 Å². The molecule has 0 aliphatic carbocycles. The Morgan fingerprint density at radius 2 is 2.31 bits per heavy atom. The largest absolute Gasteiger partial charge is 0.271 e. The molecule has 2 aromatic heterocycles. The third kappa shape index (κ3) is 3.01. The second-order valence-electron chi connectivity index (χ2n) is 3.47. The van der Waals surface area contributed by atoms with Crippen LogP contribution in [0.4, 0.5) is 0 Å². The maximum atomic E-state index is 5.60. The standard InChI is InChI=1S/C10H12IN3S2/c1-6-13-8(5-15-6)3-9(14-12)7-2-10(11)16-4-7/h2,4-5,9,14H,3,12H2,1H3. The molecule has 0 radical (unpaired) electrons. The minimum atomic E-state index is 0.154.